The second-order valence-electron chi connectivity index (χ2n) is 7.04. The lowest BCUT2D eigenvalue weighted by molar-refractivity contribution is -0.749. The molecule has 1 fully saturated rings. The maximum atomic E-state index is 4.13. The lowest BCUT2D eigenvalue weighted by Crippen LogP contribution is -2.96. The summed E-state index contributed by atoms with van der Waals surface area (Å²) in [6.45, 7) is 11.2. The summed E-state index contributed by atoms with van der Waals surface area (Å²) in [4.78, 5) is 0. The van der Waals surface area contributed by atoms with E-state index in [1.165, 1.54) is 16.5 Å². The largest absolute Gasteiger partial charge is 0.337 e. The van der Waals surface area contributed by atoms with Gasteiger partial charge in [0.2, 0.25) is 0 Å². The molecule has 1 aromatic rings. The first-order valence-corrected chi connectivity index (χ1v) is 7.97. The van der Waals surface area contributed by atoms with Gasteiger partial charge >= 0.3 is 0 Å². The van der Waals surface area contributed by atoms with Crippen molar-refractivity contribution < 1.29 is 5.32 Å². The van der Waals surface area contributed by atoms with Crippen molar-refractivity contribution in [3.05, 3.63) is 46.0 Å². The van der Waals surface area contributed by atoms with Gasteiger partial charge in [-0.15, -0.1) is 0 Å². The van der Waals surface area contributed by atoms with Crippen LogP contribution in [0.15, 0.2) is 34.8 Å². The minimum absolute atomic E-state index is 0.385. The fraction of sp³-hybridized carbons (Fsp3) is 0.529. The Bertz CT molecular complexity index is 532. The highest BCUT2D eigenvalue weighted by Crippen LogP contribution is 2.54. The molecule has 4 rings (SSSR count). The third-order valence-electron chi connectivity index (χ3n) is 4.88. The van der Waals surface area contributed by atoms with Gasteiger partial charge in [-0.2, -0.15) is 0 Å². The van der Waals surface area contributed by atoms with Crippen molar-refractivity contribution >= 4 is 15.9 Å². The molecule has 2 N–H and O–H groups in total. The first-order valence-electron chi connectivity index (χ1n) is 7.18. The smallest absolute Gasteiger partial charge is 0.113 e. The zero-order valence-corrected chi connectivity index (χ0v) is 13.6. The van der Waals surface area contributed by atoms with Gasteiger partial charge in [-0.1, -0.05) is 54.1 Å². The number of rotatable bonds is 2. The molecule has 3 atom stereocenters. The molecular formula is C17H23BrN+. The Morgan fingerprint density at radius 3 is 2.89 bits per heavy atom. The van der Waals surface area contributed by atoms with Crippen LogP contribution < -0.4 is 5.32 Å². The van der Waals surface area contributed by atoms with Crippen molar-refractivity contribution in [2.75, 3.05) is 0 Å². The van der Waals surface area contributed by atoms with Crippen molar-refractivity contribution in [3.8, 4) is 0 Å². The van der Waals surface area contributed by atoms with Gasteiger partial charge in [-0.3, -0.25) is 0 Å². The van der Waals surface area contributed by atoms with Crippen molar-refractivity contribution in [1.82, 2.24) is 0 Å². The summed E-state index contributed by atoms with van der Waals surface area (Å²) >= 11 is 3.79. The Kier molecular flexibility index (Phi) is 3.14. The highest BCUT2D eigenvalue weighted by molar-refractivity contribution is 9.10. The zero-order chi connectivity index (χ0) is 13.8. The highest BCUT2D eigenvalue weighted by atomic mass is 79.9. The van der Waals surface area contributed by atoms with Crippen LogP contribution in [0.1, 0.15) is 56.7 Å². The summed E-state index contributed by atoms with van der Waals surface area (Å²) in [6, 6.07) is 7.97. The van der Waals surface area contributed by atoms with Gasteiger partial charge in [0.25, 0.3) is 0 Å². The van der Waals surface area contributed by atoms with Gasteiger partial charge in [-0.05, 0) is 24.0 Å². The van der Waals surface area contributed by atoms with Gasteiger partial charge in [-0.25, -0.2) is 0 Å². The number of quaternary nitrogens is 1. The molecule has 3 aliphatic rings. The average molecular weight is 321 g/mol. The number of benzene rings is 1. The third-order valence-corrected chi connectivity index (χ3v) is 5.57. The number of halogens is 1. The standard InChI is InChI=1S/C17H22BrN/c1-10(2)8-13-16-15-11(6-5-7-12(15)18)14(19-13)9-17(16,3)4/h5-7,13-14,16,19H,1,8-9H2,2-4H3/p+1/t13-,14-,16-/m0/s1. The predicted octanol–water partition coefficient (Wildman–Crippen LogP) is 3.92. The summed E-state index contributed by atoms with van der Waals surface area (Å²) in [6.07, 6.45) is 2.42. The normalized spacial score (nSPS) is 31.1. The second-order valence-corrected chi connectivity index (χ2v) is 7.89. The molecule has 2 aliphatic heterocycles. The molecule has 1 aliphatic carbocycles. The van der Waals surface area contributed by atoms with Crippen LogP contribution in [0.5, 0.6) is 0 Å². The van der Waals surface area contributed by atoms with Crippen LogP contribution in [-0.4, -0.2) is 6.04 Å². The quantitative estimate of drug-likeness (QED) is 0.795. The Morgan fingerprint density at radius 2 is 2.21 bits per heavy atom. The molecule has 19 heavy (non-hydrogen) atoms. The minimum Gasteiger partial charge on any atom is -0.337 e. The van der Waals surface area contributed by atoms with E-state index < -0.39 is 0 Å². The number of hydrogen-bond donors (Lipinski definition) is 1. The van der Waals surface area contributed by atoms with E-state index >= 15 is 0 Å². The van der Waals surface area contributed by atoms with E-state index in [1.54, 1.807) is 11.1 Å². The summed E-state index contributed by atoms with van der Waals surface area (Å²) in [5.74, 6) is 0.625. The number of piperidine rings is 1. The van der Waals surface area contributed by atoms with Crippen molar-refractivity contribution in [2.24, 2.45) is 5.41 Å². The van der Waals surface area contributed by atoms with Crippen LogP contribution in [-0.2, 0) is 0 Å². The molecule has 1 saturated heterocycles. The van der Waals surface area contributed by atoms with Crippen molar-refractivity contribution in [1.29, 1.82) is 0 Å². The monoisotopic (exact) mass is 320 g/mol. The summed E-state index contributed by atoms with van der Waals surface area (Å²) in [5.41, 5.74) is 4.81. The Balaban J connectivity index is 2.11. The van der Waals surface area contributed by atoms with Gasteiger partial charge in [0.05, 0.1) is 6.04 Å². The van der Waals surface area contributed by atoms with E-state index in [4.69, 9.17) is 0 Å². The molecule has 2 bridgehead atoms. The molecule has 102 valence electrons. The molecule has 0 spiro atoms. The highest BCUT2D eigenvalue weighted by Gasteiger charge is 2.53. The van der Waals surface area contributed by atoms with Crippen LogP contribution in [0, 0.1) is 5.41 Å². The van der Waals surface area contributed by atoms with Crippen molar-refractivity contribution in [3.63, 3.8) is 0 Å². The van der Waals surface area contributed by atoms with E-state index in [-0.39, 0.29) is 0 Å². The molecule has 0 radical (unpaired) electrons. The maximum Gasteiger partial charge on any atom is 0.113 e. The summed E-state index contributed by atoms with van der Waals surface area (Å²) in [7, 11) is 0. The molecule has 0 unspecified atom stereocenters. The number of hydrogen-bond acceptors (Lipinski definition) is 0. The number of nitrogens with two attached hydrogens (primary N) is 1. The van der Waals surface area contributed by atoms with E-state index in [0.29, 0.717) is 23.4 Å². The third kappa shape index (κ3) is 2.09. The summed E-state index contributed by atoms with van der Waals surface area (Å²) in [5, 5.41) is 2.60. The number of fused-ring (bicyclic) bond motifs is 2. The van der Waals surface area contributed by atoms with Crippen LogP contribution in [0.4, 0.5) is 0 Å². The van der Waals surface area contributed by atoms with E-state index in [2.05, 4.69) is 66.8 Å². The molecule has 0 aromatic heterocycles. The van der Waals surface area contributed by atoms with E-state index in [9.17, 15) is 0 Å². The van der Waals surface area contributed by atoms with Gasteiger partial charge in [0.15, 0.2) is 0 Å². The lowest BCUT2D eigenvalue weighted by Gasteiger charge is -2.51. The molecule has 1 aromatic carbocycles. The van der Waals surface area contributed by atoms with Crippen LogP contribution in [0.3, 0.4) is 0 Å². The zero-order valence-electron chi connectivity index (χ0n) is 12.0. The SMILES string of the molecule is C=C(C)C[C@@H]1[NH2+][C@H]2CC(C)(C)[C@@H]1c1c(Br)cccc12. The van der Waals surface area contributed by atoms with Crippen molar-refractivity contribution in [2.45, 2.75) is 51.6 Å². The second kappa shape index (κ2) is 4.46. The van der Waals surface area contributed by atoms with Crippen LogP contribution in [0.2, 0.25) is 0 Å². The van der Waals surface area contributed by atoms with Gasteiger partial charge < -0.3 is 5.32 Å². The molecular weight excluding hydrogens is 298 g/mol. The fourth-order valence-corrected chi connectivity index (χ4v) is 4.99. The van der Waals surface area contributed by atoms with Gasteiger partial charge in [0.1, 0.15) is 6.04 Å². The van der Waals surface area contributed by atoms with Gasteiger partial charge in [0, 0.05) is 28.8 Å². The molecule has 2 heteroatoms. The molecule has 1 nitrogen and oxygen atoms in total. The minimum atomic E-state index is 0.385. The van der Waals surface area contributed by atoms with Crippen LogP contribution >= 0.6 is 15.9 Å². The van der Waals surface area contributed by atoms with Crippen LogP contribution in [0.25, 0.3) is 0 Å². The topological polar surface area (TPSA) is 16.6 Å². The first-order chi connectivity index (χ1) is 8.90. The molecule has 0 saturated carbocycles. The Morgan fingerprint density at radius 1 is 1.47 bits per heavy atom. The molecule has 0 amide bonds. The summed E-state index contributed by atoms with van der Waals surface area (Å²) < 4.78 is 1.30. The Hall–Kier alpha value is -0.600. The fourth-order valence-electron chi connectivity index (χ4n) is 4.36. The lowest BCUT2D eigenvalue weighted by atomic mass is 9.58. The first kappa shape index (κ1) is 13.4. The molecule has 2 heterocycles. The maximum absolute atomic E-state index is 4.13. The van der Waals surface area contributed by atoms with E-state index in [0.717, 1.165) is 6.42 Å². The average Bonchev–Trinajstić information content (AvgIpc) is 2.27. The predicted molar refractivity (Wildman–Crippen MR) is 83.2 cm³/mol. The van der Waals surface area contributed by atoms with E-state index in [1.807, 2.05) is 0 Å². The Labute approximate surface area is 124 Å².